The fourth-order valence-corrected chi connectivity index (χ4v) is 5.20. The number of rotatable bonds is 4. The monoisotopic (exact) mass is 453 g/mol. The molecule has 0 unspecified atom stereocenters. The van der Waals surface area contributed by atoms with Crippen LogP contribution in [0.1, 0.15) is 28.8 Å². The van der Waals surface area contributed by atoms with Crippen molar-refractivity contribution in [3.63, 3.8) is 0 Å². The summed E-state index contributed by atoms with van der Waals surface area (Å²) in [6.07, 6.45) is -2.33. The maximum Gasteiger partial charge on any atom is 0.416 e. The molecule has 4 rings (SSSR count). The topological polar surface area (TPSA) is 69.7 Å². The molecule has 2 fully saturated rings. The Bertz CT molecular complexity index is 1070. The lowest BCUT2D eigenvalue weighted by Crippen LogP contribution is -2.52. The Labute approximate surface area is 178 Å². The van der Waals surface area contributed by atoms with E-state index in [9.17, 15) is 26.4 Å². The zero-order valence-corrected chi connectivity index (χ0v) is 17.4. The van der Waals surface area contributed by atoms with Crippen molar-refractivity contribution in [3.05, 3.63) is 59.7 Å². The van der Waals surface area contributed by atoms with E-state index in [1.54, 1.807) is 11.0 Å². The zero-order valence-electron chi connectivity index (χ0n) is 16.6. The van der Waals surface area contributed by atoms with E-state index in [1.165, 1.54) is 18.2 Å². The maximum absolute atomic E-state index is 12.9. The van der Waals surface area contributed by atoms with E-state index in [2.05, 4.69) is 9.62 Å². The number of nitrogens with one attached hydrogen (secondary N) is 1. The lowest BCUT2D eigenvalue weighted by Gasteiger charge is -2.37. The molecule has 2 aromatic carbocycles. The van der Waals surface area contributed by atoms with Crippen molar-refractivity contribution >= 4 is 21.6 Å². The van der Waals surface area contributed by atoms with Crippen LogP contribution in [0, 0.1) is 0 Å². The molecular weight excluding hydrogens is 431 g/mol. The highest BCUT2D eigenvalue weighted by Gasteiger charge is 2.33. The van der Waals surface area contributed by atoms with Gasteiger partial charge in [-0.2, -0.15) is 13.2 Å². The molecule has 2 aliphatic heterocycles. The van der Waals surface area contributed by atoms with Crippen LogP contribution in [0.3, 0.4) is 0 Å². The highest BCUT2D eigenvalue weighted by molar-refractivity contribution is 7.92. The Morgan fingerprint density at radius 2 is 1.77 bits per heavy atom. The standard InChI is InChI=1S/C21H22F3N3O3S/c22-21(23,24)16-6-8-17(9-7-16)25-31(29,30)19-5-1-3-15(13-19)20(28)27-12-11-26-10-2-4-18(26)14-27/h1,3,5-9,13,18,25H,2,4,10-12,14H2/t18-/m0/s1. The van der Waals surface area contributed by atoms with Crippen LogP contribution in [0.2, 0.25) is 0 Å². The summed E-state index contributed by atoms with van der Waals surface area (Å²) in [6.45, 7) is 3.08. The lowest BCUT2D eigenvalue weighted by atomic mass is 10.1. The van der Waals surface area contributed by atoms with Crippen LogP contribution in [0.25, 0.3) is 0 Å². The van der Waals surface area contributed by atoms with Crippen molar-refractivity contribution in [2.75, 3.05) is 30.9 Å². The van der Waals surface area contributed by atoms with Crippen LogP contribution >= 0.6 is 0 Å². The number of benzene rings is 2. The van der Waals surface area contributed by atoms with Gasteiger partial charge in [0, 0.05) is 36.9 Å². The van der Waals surface area contributed by atoms with E-state index >= 15 is 0 Å². The summed E-state index contributed by atoms with van der Waals surface area (Å²) in [4.78, 5) is 16.9. The van der Waals surface area contributed by atoms with Crippen LogP contribution in [0.4, 0.5) is 18.9 Å². The Balaban J connectivity index is 1.49. The van der Waals surface area contributed by atoms with Gasteiger partial charge < -0.3 is 4.90 Å². The molecule has 0 radical (unpaired) electrons. The van der Waals surface area contributed by atoms with Gasteiger partial charge >= 0.3 is 6.18 Å². The van der Waals surface area contributed by atoms with E-state index in [-0.39, 0.29) is 22.1 Å². The fourth-order valence-electron chi connectivity index (χ4n) is 4.10. The van der Waals surface area contributed by atoms with Crippen molar-refractivity contribution in [2.45, 2.75) is 30.0 Å². The number of nitrogens with zero attached hydrogens (tertiary/aromatic N) is 2. The first-order chi connectivity index (χ1) is 14.6. The van der Waals surface area contributed by atoms with E-state index in [1.807, 2.05) is 0 Å². The van der Waals surface area contributed by atoms with Crippen LogP contribution in [-0.2, 0) is 16.2 Å². The smallest absolute Gasteiger partial charge is 0.336 e. The number of fused-ring (bicyclic) bond motifs is 1. The van der Waals surface area contributed by atoms with Gasteiger partial charge in [-0.1, -0.05) is 6.07 Å². The Kier molecular flexibility index (Phi) is 5.69. The van der Waals surface area contributed by atoms with Gasteiger partial charge in [-0.25, -0.2) is 8.42 Å². The van der Waals surface area contributed by atoms with Gasteiger partial charge in [0.05, 0.1) is 10.5 Å². The van der Waals surface area contributed by atoms with Gasteiger partial charge in [-0.15, -0.1) is 0 Å². The minimum Gasteiger partial charge on any atom is -0.336 e. The van der Waals surface area contributed by atoms with Gasteiger partial charge in [-0.05, 0) is 61.9 Å². The fraction of sp³-hybridized carbons (Fsp3) is 0.381. The molecule has 0 aliphatic carbocycles. The third-order valence-corrected chi connectivity index (χ3v) is 7.11. The molecule has 0 aromatic heterocycles. The highest BCUT2D eigenvalue weighted by Crippen LogP contribution is 2.30. The highest BCUT2D eigenvalue weighted by atomic mass is 32.2. The molecule has 1 atom stereocenters. The summed E-state index contributed by atoms with van der Waals surface area (Å²) >= 11 is 0. The second kappa shape index (κ2) is 8.16. The van der Waals surface area contributed by atoms with Crippen molar-refractivity contribution in [3.8, 4) is 0 Å². The number of carbonyl (C=O) groups is 1. The van der Waals surface area contributed by atoms with Gasteiger partial charge in [0.15, 0.2) is 0 Å². The van der Waals surface area contributed by atoms with Gasteiger partial charge in [0.2, 0.25) is 0 Å². The molecule has 31 heavy (non-hydrogen) atoms. The Hall–Kier alpha value is -2.59. The minimum atomic E-state index is -4.50. The van der Waals surface area contributed by atoms with E-state index in [0.717, 1.165) is 50.2 Å². The summed E-state index contributed by atoms with van der Waals surface area (Å²) in [5, 5.41) is 0. The Morgan fingerprint density at radius 1 is 1.03 bits per heavy atom. The largest absolute Gasteiger partial charge is 0.416 e. The third kappa shape index (κ3) is 4.69. The minimum absolute atomic E-state index is 0.00193. The summed E-state index contributed by atoms with van der Waals surface area (Å²) in [7, 11) is -4.07. The molecule has 166 valence electrons. The van der Waals surface area contributed by atoms with E-state index < -0.39 is 21.8 Å². The predicted octanol–water partition coefficient (Wildman–Crippen LogP) is 3.43. The first-order valence-corrected chi connectivity index (χ1v) is 11.5. The molecule has 1 N–H and O–H groups in total. The van der Waals surface area contributed by atoms with Crippen molar-refractivity contribution in [1.29, 1.82) is 0 Å². The van der Waals surface area contributed by atoms with Gasteiger partial charge in [0.25, 0.3) is 15.9 Å². The lowest BCUT2D eigenvalue weighted by molar-refractivity contribution is -0.137. The summed E-state index contributed by atoms with van der Waals surface area (Å²) < 4.78 is 65.8. The Morgan fingerprint density at radius 3 is 2.48 bits per heavy atom. The molecule has 10 heteroatoms. The molecule has 0 saturated carbocycles. The number of piperazine rings is 1. The number of halogens is 3. The number of hydrogen-bond donors (Lipinski definition) is 1. The molecule has 0 bridgehead atoms. The first kappa shape index (κ1) is 21.6. The summed E-state index contributed by atoms with van der Waals surface area (Å²) in [6, 6.07) is 9.77. The first-order valence-electron chi connectivity index (χ1n) is 9.97. The number of carbonyl (C=O) groups excluding carboxylic acids is 1. The molecule has 2 saturated heterocycles. The van der Waals surface area contributed by atoms with Crippen LogP contribution < -0.4 is 4.72 Å². The quantitative estimate of drug-likeness (QED) is 0.770. The third-order valence-electron chi connectivity index (χ3n) is 5.73. The SMILES string of the molecule is O=C(c1cccc(S(=O)(=O)Nc2ccc(C(F)(F)F)cc2)c1)N1CCN2CCC[C@H]2C1. The molecule has 2 aliphatic rings. The molecule has 2 heterocycles. The van der Waals surface area contributed by atoms with Crippen LogP contribution in [-0.4, -0.2) is 56.3 Å². The number of alkyl halides is 3. The zero-order chi connectivity index (χ0) is 22.2. The maximum atomic E-state index is 12.9. The number of hydrogen-bond acceptors (Lipinski definition) is 4. The molecular formula is C21H22F3N3O3S. The summed E-state index contributed by atoms with van der Waals surface area (Å²) in [5.41, 5.74) is -0.603. The molecule has 2 aromatic rings. The predicted molar refractivity (Wildman–Crippen MR) is 109 cm³/mol. The van der Waals surface area contributed by atoms with E-state index in [4.69, 9.17) is 0 Å². The van der Waals surface area contributed by atoms with Gasteiger partial charge in [-0.3, -0.25) is 14.4 Å². The van der Waals surface area contributed by atoms with Crippen LogP contribution in [0.5, 0.6) is 0 Å². The van der Waals surface area contributed by atoms with Crippen LogP contribution in [0.15, 0.2) is 53.4 Å². The van der Waals surface area contributed by atoms with E-state index in [0.29, 0.717) is 19.1 Å². The average molecular weight is 453 g/mol. The number of amides is 1. The number of sulfonamides is 1. The summed E-state index contributed by atoms with van der Waals surface area (Å²) in [5.74, 6) is -0.224. The number of anilines is 1. The molecule has 1 amide bonds. The second-order valence-electron chi connectivity index (χ2n) is 7.79. The van der Waals surface area contributed by atoms with Crippen molar-refractivity contribution in [2.24, 2.45) is 0 Å². The molecule has 6 nitrogen and oxygen atoms in total. The normalized spacial score (nSPS) is 19.8. The van der Waals surface area contributed by atoms with Gasteiger partial charge in [0.1, 0.15) is 0 Å². The average Bonchev–Trinajstić information content (AvgIpc) is 3.20. The van der Waals surface area contributed by atoms with Crippen molar-refractivity contribution < 1.29 is 26.4 Å². The van der Waals surface area contributed by atoms with Crippen molar-refractivity contribution in [1.82, 2.24) is 9.80 Å². The molecule has 0 spiro atoms. The second-order valence-corrected chi connectivity index (χ2v) is 9.47.